The van der Waals surface area contributed by atoms with E-state index in [2.05, 4.69) is 16.0 Å². The molecule has 1 amide bonds. The van der Waals surface area contributed by atoms with E-state index in [0.717, 1.165) is 33.4 Å². The molecule has 0 fully saturated rings. The molecule has 1 heterocycles. The van der Waals surface area contributed by atoms with Crippen molar-refractivity contribution >= 4 is 28.2 Å². The second-order valence-corrected chi connectivity index (χ2v) is 7.25. The number of rotatable bonds is 6. The number of nitrogens with one attached hydrogen (secondary N) is 1. The van der Waals surface area contributed by atoms with Crippen LogP contribution in [0, 0.1) is 11.3 Å². The summed E-state index contributed by atoms with van der Waals surface area (Å²) >= 11 is 0. The second-order valence-electron chi connectivity index (χ2n) is 7.25. The fourth-order valence-corrected chi connectivity index (χ4v) is 3.83. The Morgan fingerprint density at radius 3 is 2.44 bits per heavy atom. The first kappa shape index (κ1) is 21.1. The van der Waals surface area contributed by atoms with Gasteiger partial charge in [-0.3, -0.25) is 4.79 Å². The maximum absolute atomic E-state index is 12.6. The first-order valence-corrected chi connectivity index (χ1v) is 10.2. The fraction of sp³-hybridized carbons (Fsp3) is 0.120. The van der Waals surface area contributed by atoms with Crippen LogP contribution in [-0.2, 0) is 6.54 Å². The van der Waals surface area contributed by atoms with Crippen molar-refractivity contribution < 1.29 is 20.2 Å². The van der Waals surface area contributed by atoms with E-state index >= 15 is 0 Å². The topological polar surface area (TPSA) is 104 Å². The van der Waals surface area contributed by atoms with Gasteiger partial charge in [-0.25, -0.2) is 5.21 Å². The summed E-state index contributed by atoms with van der Waals surface area (Å²) in [5.41, 5.74) is 6.02. The third-order valence-corrected chi connectivity index (χ3v) is 5.44. The van der Waals surface area contributed by atoms with Gasteiger partial charge in [0.1, 0.15) is 11.8 Å². The van der Waals surface area contributed by atoms with Crippen LogP contribution >= 0.6 is 0 Å². The monoisotopic (exact) mass is 427 g/mol. The highest BCUT2D eigenvalue weighted by atomic mass is 16.5. The van der Waals surface area contributed by atoms with Crippen LogP contribution in [0.1, 0.15) is 22.8 Å². The summed E-state index contributed by atoms with van der Waals surface area (Å²) in [6.07, 6.45) is 0. The molecule has 0 aliphatic rings. The van der Waals surface area contributed by atoms with Crippen LogP contribution in [-0.4, -0.2) is 22.8 Å². The summed E-state index contributed by atoms with van der Waals surface area (Å²) in [4.78, 5) is 12.6. The number of quaternary nitrogens is 1. The average Bonchev–Trinajstić information content (AvgIpc) is 3.17. The number of nitrogens with zero attached hydrogens (tertiary/aromatic N) is 2. The van der Waals surface area contributed by atoms with Gasteiger partial charge in [0.05, 0.1) is 23.9 Å². The molecule has 0 aliphatic carbocycles. The van der Waals surface area contributed by atoms with Crippen LogP contribution in [0.2, 0.25) is 0 Å². The van der Waals surface area contributed by atoms with Gasteiger partial charge in [0.2, 0.25) is 0 Å². The van der Waals surface area contributed by atoms with Gasteiger partial charge in [-0.05, 0) is 48.9 Å². The maximum atomic E-state index is 12.6. The normalized spacial score (nSPS) is 10.7. The van der Waals surface area contributed by atoms with Gasteiger partial charge in [-0.15, -0.1) is 0 Å². The molecule has 4 rings (SSSR count). The van der Waals surface area contributed by atoms with Crippen molar-refractivity contribution in [3.05, 3.63) is 77.9 Å². The predicted molar refractivity (Wildman–Crippen MR) is 122 cm³/mol. The molecule has 0 spiro atoms. The molecule has 1 aromatic heterocycles. The van der Waals surface area contributed by atoms with E-state index in [4.69, 9.17) is 9.94 Å². The van der Waals surface area contributed by atoms with E-state index in [9.17, 15) is 10.1 Å². The Hall–Kier alpha value is -4.12. The third kappa shape index (κ3) is 3.81. The van der Waals surface area contributed by atoms with Crippen LogP contribution in [0.15, 0.2) is 66.7 Å². The number of carbonyl (C=O) groups excluding carboxylic acids is 1. The molecule has 4 N–H and O–H groups in total. The zero-order valence-electron chi connectivity index (χ0n) is 17.8. The number of hydrogen-bond acceptors (Lipinski definition) is 4. The number of aromatic nitrogens is 1. The van der Waals surface area contributed by atoms with Crippen LogP contribution in [0.5, 0.6) is 5.75 Å². The van der Waals surface area contributed by atoms with E-state index < -0.39 is 0 Å². The van der Waals surface area contributed by atoms with E-state index in [1.807, 2.05) is 37.3 Å². The first-order valence-electron chi connectivity index (χ1n) is 10.2. The van der Waals surface area contributed by atoms with Gasteiger partial charge in [0.15, 0.2) is 5.69 Å². The van der Waals surface area contributed by atoms with Gasteiger partial charge in [0.25, 0.3) is 5.91 Å². The molecule has 0 atom stereocenters. The van der Waals surface area contributed by atoms with E-state index in [-0.39, 0.29) is 5.91 Å². The largest absolute Gasteiger partial charge is 0.497 e. The third-order valence-electron chi connectivity index (χ3n) is 5.44. The number of benzene rings is 3. The van der Waals surface area contributed by atoms with Gasteiger partial charge < -0.3 is 14.6 Å². The minimum atomic E-state index is -0.237. The highest BCUT2D eigenvalue weighted by Gasteiger charge is 2.19. The lowest BCUT2D eigenvalue weighted by atomic mass is 10.0. The minimum absolute atomic E-state index is 0.237. The standard InChI is InChI=1S/C25H22N4O3/c1-3-29-23-14-20(32-2)12-13-21(23)22(15-26)24(29)16-4-6-17(7-5-16)25(30)27-18-8-10-19(28-31)11-9-18/h4-14,28,31H,3H2,1-2H3,(H,27,30)/p+1. The van der Waals surface area contributed by atoms with Crippen LogP contribution < -0.4 is 15.5 Å². The number of amides is 1. The summed E-state index contributed by atoms with van der Waals surface area (Å²) < 4.78 is 7.45. The molecule has 0 radical (unpaired) electrons. The van der Waals surface area contributed by atoms with Gasteiger partial charge >= 0.3 is 0 Å². The Bertz CT molecular complexity index is 1320. The number of aryl methyl sites for hydroxylation is 1. The minimum Gasteiger partial charge on any atom is -0.497 e. The zero-order valence-corrected chi connectivity index (χ0v) is 17.8. The Labute approximate surface area is 185 Å². The lowest BCUT2D eigenvalue weighted by molar-refractivity contribution is -0.825. The van der Waals surface area contributed by atoms with Gasteiger partial charge in [-0.1, -0.05) is 12.1 Å². The summed E-state index contributed by atoms with van der Waals surface area (Å²) in [7, 11) is 1.62. The van der Waals surface area contributed by atoms with E-state index in [1.165, 1.54) is 0 Å². The number of fused-ring (bicyclic) bond motifs is 1. The molecular formula is C25H23N4O3+. The molecule has 7 heteroatoms. The molecule has 0 aliphatic heterocycles. The lowest BCUT2D eigenvalue weighted by Crippen LogP contribution is -2.73. The number of nitriles is 1. The number of carbonyl (C=O) groups is 1. The number of ether oxygens (including phenoxy) is 1. The Kier molecular flexibility index (Phi) is 5.90. The predicted octanol–water partition coefficient (Wildman–Crippen LogP) is 4.04. The first-order chi connectivity index (χ1) is 15.6. The Balaban J connectivity index is 1.67. The van der Waals surface area contributed by atoms with Gasteiger partial charge in [0, 0.05) is 41.4 Å². The van der Waals surface area contributed by atoms with Crippen molar-refractivity contribution in [2.45, 2.75) is 13.5 Å². The van der Waals surface area contributed by atoms with Crippen molar-refractivity contribution in [1.29, 1.82) is 5.26 Å². The smallest absolute Gasteiger partial charge is 0.255 e. The molecule has 0 saturated carbocycles. The van der Waals surface area contributed by atoms with Crippen molar-refractivity contribution in [1.82, 2.24) is 4.57 Å². The molecular weight excluding hydrogens is 404 g/mol. The highest BCUT2D eigenvalue weighted by Crippen LogP contribution is 2.35. The van der Waals surface area contributed by atoms with E-state index in [1.54, 1.807) is 43.5 Å². The van der Waals surface area contributed by atoms with Crippen molar-refractivity contribution in [2.24, 2.45) is 0 Å². The van der Waals surface area contributed by atoms with Gasteiger partial charge in [-0.2, -0.15) is 10.7 Å². The molecule has 7 nitrogen and oxygen atoms in total. The summed E-state index contributed by atoms with van der Waals surface area (Å²) in [6, 6.07) is 22.1. The van der Waals surface area contributed by atoms with Crippen molar-refractivity contribution in [2.75, 3.05) is 12.4 Å². The molecule has 4 aromatic rings. The van der Waals surface area contributed by atoms with Crippen molar-refractivity contribution in [3.63, 3.8) is 0 Å². The molecule has 0 bridgehead atoms. The Morgan fingerprint density at radius 2 is 1.84 bits per heavy atom. The molecule has 3 aromatic carbocycles. The molecule has 0 saturated heterocycles. The summed E-state index contributed by atoms with van der Waals surface area (Å²) in [5, 5.41) is 22.6. The van der Waals surface area contributed by atoms with Crippen LogP contribution in [0.3, 0.4) is 0 Å². The van der Waals surface area contributed by atoms with E-state index in [0.29, 0.717) is 29.0 Å². The maximum Gasteiger partial charge on any atom is 0.255 e. The quantitative estimate of drug-likeness (QED) is 0.319. The Morgan fingerprint density at radius 1 is 1.12 bits per heavy atom. The molecule has 0 unspecified atom stereocenters. The lowest BCUT2D eigenvalue weighted by Gasteiger charge is -2.10. The average molecular weight is 427 g/mol. The van der Waals surface area contributed by atoms with Crippen LogP contribution in [0.25, 0.3) is 22.2 Å². The summed E-state index contributed by atoms with van der Waals surface area (Å²) in [5.74, 6) is 0.497. The SMILES string of the molecule is CCn1c(-c2ccc(C(=O)Nc3ccc([NH2+]O)cc3)cc2)c(C#N)c2ccc(OC)cc21. The molecule has 160 valence electrons. The second kappa shape index (κ2) is 8.94. The number of anilines is 1. The fourth-order valence-electron chi connectivity index (χ4n) is 3.83. The summed E-state index contributed by atoms with van der Waals surface area (Å²) in [6.45, 7) is 2.72. The molecule has 32 heavy (non-hydrogen) atoms. The number of nitrogens with two attached hydrogens (primary N) is 1. The number of hydrogen-bond donors (Lipinski definition) is 3. The highest BCUT2D eigenvalue weighted by molar-refractivity contribution is 6.04. The van der Waals surface area contributed by atoms with Crippen LogP contribution in [0.4, 0.5) is 11.4 Å². The zero-order chi connectivity index (χ0) is 22.7. The number of methoxy groups -OCH3 is 1. The van der Waals surface area contributed by atoms with Crippen molar-refractivity contribution in [3.8, 4) is 23.1 Å².